The summed E-state index contributed by atoms with van der Waals surface area (Å²) in [6.07, 6.45) is 7.69. The van der Waals surface area contributed by atoms with Gasteiger partial charge in [-0.25, -0.2) is 0 Å². The molecule has 0 saturated heterocycles. The third-order valence-corrected chi connectivity index (χ3v) is 5.40. The molecule has 2 aromatic rings. The summed E-state index contributed by atoms with van der Waals surface area (Å²) >= 11 is 1.62. The van der Waals surface area contributed by atoms with E-state index in [1.165, 1.54) is 5.56 Å². The first-order valence-electron chi connectivity index (χ1n) is 9.69. The van der Waals surface area contributed by atoms with Gasteiger partial charge in [-0.2, -0.15) is 0 Å². The Bertz CT molecular complexity index is 985. The van der Waals surface area contributed by atoms with E-state index in [-0.39, 0.29) is 5.76 Å². The maximum atomic E-state index is 12.2. The average molecular weight is 430 g/mol. The van der Waals surface area contributed by atoms with E-state index in [1.807, 2.05) is 26.0 Å². The van der Waals surface area contributed by atoms with Gasteiger partial charge >= 0.3 is 0 Å². The Kier molecular flexibility index (Phi) is 8.67. The van der Waals surface area contributed by atoms with Crippen LogP contribution in [0.15, 0.2) is 32.9 Å². The van der Waals surface area contributed by atoms with E-state index in [1.54, 1.807) is 44.5 Å². The Morgan fingerprint density at radius 3 is 2.70 bits per heavy atom. The van der Waals surface area contributed by atoms with E-state index in [9.17, 15) is 4.79 Å². The fraction of sp³-hybridized carbons (Fsp3) is 0.381. The highest BCUT2D eigenvalue weighted by molar-refractivity contribution is 7.14. The molecule has 1 amide bonds. The third kappa shape index (κ3) is 5.73. The molecule has 0 fully saturated rings. The van der Waals surface area contributed by atoms with Crippen molar-refractivity contribution in [2.45, 2.75) is 54.1 Å². The molecule has 0 radical (unpaired) electrons. The molecular weight excluding hydrogens is 402 g/mol. The van der Waals surface area contributed by atoms with Gasteiger partial charge in [-0.05, 0) is 58.7 Å². The van der Waals surface area contributed by atoms with Crippen LogP contribution in [0.5, 0.6) is 0 Å². The zero-order valence-corrected chi connectivity index (χ0v) is 18.9. The van der Waals surface area contributed by atoms with Crippen LogP contribution in [0.2, 0.25) is 0 Å². The molecule has 9 heteroatoms. The largest absolute Gasteiger partial charge is 0.356 e. The lowest BCUT2D eigenvalue weighted by atomic mass is 10.1. The van der Waals surface area contributed by atoms with Crippen molar-refractivity contribution in [3.8, 4) is 0 Å². The van der Waals surface area contributed by atoms with Crippen molar-refractivity contribution in [1.29, 1.82) is 0 Å². The highest BCUT2D eigenvalue weighted by atomic mass is 32.1. The summed E-state index contributed by atoms with van der Waals surface area (Å²) in [5.41, 5.74) is 2.60. The molecule has 0 bridgehead atoms. The van der Waals surface area contributed by atoms with Crippen LogP contribution in [0.25, 0.3) is 11.3 Å². The zero-order chi connectivity index (χ0) is 22.1. The molecule has 2 heterocycles. The summed E-state index contributed by atoms with van der Waals surface area (Å²) < 4.78 is 4.88. The fourth-order valence-electron chi connectivity index (χ4n) is 2.60. The van der Waals surface area contributed by atoms with Gasteiger partial charge in [0.15, 0.2) is 5.76 Å². The molecule has 0 aliphatic heterocycles. The van der Waals surface area contributed by atoms with Crippen LogP contribution >= 0.6 is 11.3 Å². The minimum Gasteiger partial charge on any atom is -0.356 e. The van der Waals surface area contributed by atoms with Gasteiger partial charge in [0.25, 0.3) is 5.91 Å². The molecule has 30 heavy (non-hydrogen) atoms. The number of hydrogen-bond donors (Lipinski definition) is 1. The predicted octanol–water partition coefficient (Wildman–Crippen LogP) is 4.64. The Morgan fingerprint density at radius 2 is 2.13 bits per heavy atom. The Labute approximate surface area is 180 Å². The maximum Gasteiger partial charge on any atom is 0.293 e. The minimum atomic E-state index is -0.449. The van der Waals surface area contributed by atoms with Crippen molar-refractivity contribution in [3.63, 3.8) is 0 Å². The molecule has 0 spiro atoms. The van der Waals surface area contributed by atoms with Gasteiger partial charge < -0.3 is 14.7 Å². The topological polar surface area (TPSA) is 102 Å². The number of thiophene rings is 1. The second kappa shape index (κ2) is 11.2. The van der Waals surface area contributed by atoms with E-state index < -0.39 is 12.1 Å². The molecule has 0 aliphatic carbocycles. The Hall–Kier alpha value is -3.07. The lowest BCUT2D eigenvalue weighted by Crippen LogP contribution is -2.31. The molecule has 1 unspecified atom stereocenters. The molecular formula is C21H27N5O3S. The smallest absolute Gasteiger partial charge is 0.293 e. The molecule has 0 saturated carbocycles. The number of oxime groups is 1. The molecule has 1 N–H and O–H groups in total. The molecule has 0 aromatic carbocycles. The van der Waals surface area contributed by atoms with Crippen LogP contribution in [0.3, 0.4) is 0 Å². The van der Waals surface area contributed by atoms with Gasteiger partial charge in [0.1, 0.15) is 11.9 Å². The van der Waals surface area contributed by atoms with Gasteiger partial charge in [-0.3, -0.25) is 9.79 Å². The highest BCUT2D eigenvalue weighted by Gasteiger charge is 2.18. The number of carbonyl (C=O) groups is 1. The normalized spacial score (nSPS) is 13.9. The summed E-state index contributed by atoms with van der Waals surface area (Å²) in [6, 6.07) is 2.11. The number of hydrogen-bond acceptors (Lipinski definition) is 8. The van der Waals surface area contributed by atoms with Crippen LogP contribution < -0.4 is 5.32 Å². The fourth-order valence-corrected chi connectivity index (χ4v) is 3.89. The van der Waals surface area contributed by atoms with Crippen LogP contribution in [0.1, 0.15) is 66.2 Å². The molecule has 2 aromatic heterocycles. The predicted molar refractivity (Wildman–Crippen MR) is 121 cm³/mol. The number of nitrogens with zero attached hydrogens (tertiary/aromatic N) is 4. The lowest BCUT2D eigenvalue weighted by molar-refractivity contribution is 0.0903. The maximum absolute atomic E-state index is 12.2. The van der Waals surface area contributed by atoms with Gasteiger partial charge in [0.2, 0.25) is 5.76 Å². The standard InChI is InChI=1S/C21H27N5O3S/c1-7-15-11-18(17(9-3)28-23-10-4)30-20(15)16(8-2)12-22-14(6)24-21(27)19-13(5)25-26-29-19/h8-12,14H,7H2,1-6H3,(H,24,27)/b16-8+,17-9-,22-12-,23-10-. The average Bonchev–Trinajstić information content (AvgIpc) is 3.35. The monoisotopic (exact) mass is 429 g/mol. The van der Waals surface area contributed by atoms with Crippen LogP contribution in [-0.4, -0.2) is 34.9 Å². The van der Waals surface area contributed by atoms with Crippen LogP contribution in [0, 0.1) is 6.92 Å². The van der Waals surface area contributed by atoms with Crippen molar-refractivity contribution in [2.24, 2.45) is 10.1 Å². The van der Waals surface area contributed by atoms with Crippen molar-refractivity contribution in [2.75, 3.05) is 0 Å². The van der Waals surface area contributed by atoms with Crippen molar-refractivity contribution >= 4 is 41.0 Å². The van der Waals surface area contributed by atoms with Gasteiger partial charge in [-0.1, -0.05) is 18.2 Å². The van der Waals surface area contributed by atoms with Crippen molar-refractivity contribution < 1.29 is 14.2 Å². The number of aryl methyl sites for hydroxylation is 2. The first kappa shape index (κ1) is 23.2. The lowest BCUT2D eigenvalue weighted by Gasteiger charge is -2.08. The number of nitrogens with one attached hydrogen (secondary N) is 1. The van der Waals surface area contributed by atoms with Crippen molar-refractivity contribution in [3.05, 3.63) is 45.0 Å². The third-order valence-electron chi connectivity index (χ3n) is 4.16. The van der Waals surface area contributed by atoms with Gasteiger partial charge in [0.05, 0.1) is 4.88 Å². The van der Waals surface area contributed by atoms with E-state index in [4.69, 9.17) is 9.36 Å². The first-order chi connectivity index (χ1) is 14.4. The van der Waals surface area contributed by atoms with Gasteiger partial charge in [-0.15, -0.1) is 16.4 Å². The number of allylic oxidation sites excluding steroid dienone is 3. The Morgan fingerprint density at radius 1 is 1.37 bits per heavy atom. The SMILES string of the molecule is C/C=N\O/C(=C\C)c1cc(CC)c(C(/C=N\C(C)NC(=O)c2onnc2C)=C/C)s1. The summed E-state index contributed by atoms with van der Waals surface area (Å²) in [4.78, 5) is 24.3. The summed E-state index contributed by atoms with van der Waals surface area (Å²) in [7, 11) is 0. The quantitative estimate of drug-likeness (QED) is 0.355. The minimum absolute atomic E-state index is 0.0908. The van der Waals surface area contributed by atoms with E-state index >= 15 is 0 Å². The zero-order valence-electron chi connectivity index (χ0n) is 18.1. The molecule has 8 nitrogen and oxygen atoms in total. The summed E-state index contributed by atoms with van der Waals surface area (Å²) in [6.45, 7) is 11.2. The molecule has 160 valence electrons. The highest BCUT2D eigenvalue weighted by Crippen LogP contribution is 2.33. The second-order valence-electron chi connectivity index (χ2n) is 6.29. The number of rotatable bonds is 9. The molecule has 0 aliphatic rings. The number of carbonyl (C=O) groups excluding carboxylic acids is 1. The molecule has 2 rings (SSSR count). The second-order valence-corrected chi connectivity index (χ2v) is 7.34. The van der Waals surface area contributed by atoms with Gasteiger partial charge in [0, 0.05) is 28.2 Å². The van der Waals surface area contributed by atoms with Crippen LogP contribution in [0.4, 0.5) is 0 Å². The number of amides is 1. The number of aliphatic imine (C=N–C) groups is 1. The summed E-state index contributed by atoms with van der Waals surface area (Å²) in [5, 5.41) is 13.7. The summed E-state index contributed by atoms with van der Waals surface area (Å²) in [5.74, 6) is 0.402. The van der Waals surface area contributed by atoms with E-state index in [2.05, 4.69) is 38.8 Å². The van der Waals surface area contributed by atoms with Crippen molar-refractivity contribution in [1.82, 2.24) is 15.7 Å². The van der Waals surface area contributed by atoms with E-state index in [0.717, 1.165) is 21.7 Å². The van der Waals surface area contributed by atoms with E-state index in [0.29, 0.717) is 11.5 Å². The molecule has 1 atom stereocenters. The first-order valence-corrected chi connectivity index (χ1v) is 10.5. The van der Waals surface area contributed by atoms with Crippen LogP contribution in [-0.2, 0) is 11.3 Å². The Balaban J connectivity index is 2.19. The number of aromatic nitrogens is 2.